The summed E-state index contributed by atoms with van der Waals surface area (Å²) in [4.78, 5) is 0. The third kappa shape index (κ3) is 3.31. The maximum absolute atomic E-state index is 9.42. The predicted octanol–water partition coefficient (Wildman–Crippen LogP) is 3.82. The number of rotatable bonds is 4. The standard InChI is InChI=1S/C16H21Cl2NO2/c17-12-6-13-15(4-5-21-16(13)14(18)7-12)19-8-10-2-1-3-11(10)9-20/h6-7,10-11,15,19-20H,1-5,8-9H2. The number of aliphatic hydroxyl groups is 1. The van der Waals surface area contributed by atoms with E-state index in [9.17, 15) is 5.11 Å². The van der Waals surface area contributed by atoms with Crippen LogP contribution in [-0.2, 0) is 0 Å². The molecule has 1 aromatic carbocycles. The SMILES string of the molecule is OCC1CCCC1CNC1CCOc2c(Cl)cc(Cl)cc21. The van der Waals surface area contributed by atoms with Gasteiger partial charge in [0, 0.05) is 29.7 Å². The van der Waals surface area contributed by atoms with Gasteiger partial charge in [-0.25, -0.2) is 0 Å². The van der Waals surface area contributed by atoms with Gasteiger partial charge in [-0.3, -0.25) is 0 Å². The van der Waals surface area contributed by atoms with Crippen molar-refractivity contribution >= 4 is 23.2 Å². The maximum Gasteiger partial charge on any atom is 0.142 e. The minimum absolute atomic E-state index is 0.227. The van der Waals surface area contributed by atoms with Crippen molar-refractivity contribution in [1.82, 2.24) is 5.32 Å². The van der Waals surface area contributed by atoms with Crippen molar-refractivity contribution in [3.8, 4) is 5.75 Å². The van der Waals surface area contributed by atoms with Crippen molar-refractivity contribution in [2.24, 2.45) is 11.8 Å². The molecule has 3 unspecified atom stereocenters. The molecule has 0 aromatic heterocycles. The van der Waals surface area contributed by atoms with Gasteiger partial charge in [-0.2, -0.15) is 0 Å². The van der Waals surface area contributed by atoms with E-state index in [1.807, 2.05) is 6.07 Å². The van der Waals surface area contributed by atoms with Gasteiger partial charge in [-0.1, -0.05) is 29.6 Å². The number of ether oxygens (including phenoxy) is 1. The van der Waals surface area contributed by atoms with E-state index < -0.39 is 0 Å². The average Bonchev–Trinajstić information content (AvgIpc) is 2.92. The van der Waals surface area contributed by atoms with Gasteiger partial charge >= 0.3 is 0 Å². The van der Waals surface area contributed by atoms with Gasteiger partial charge in [0.15, 0.2) is 0 Å². The van der Waals surface area contributed by atoms with Gasteiger partial charge in [-0.15, -0.1) is 0 Å². The lowest BCUT2D eigenvalue weighted by Crippen LogP contribution is -2.33. The zero-order chi connectivity index (χ0) is 14.8. The van der Waals surface area contributed by atoms with E-state index in [1.54, 1.807) is 6.07 Å². The van der Waals surface area contributed by atoms with E-state index in [-0.39, 0.29) is 6.04 Å². The van der Waals surface area contributed by atoms with Crippen LogP contribution in [0.25, 0.3) is 0 Å². The summed E-state index contributed by atoms with van der Waals surface area (Å²) in [5.41, 5.74) is 1.05. The first kappa shape index (κ1) is 15.4. The van der Waals surface area contributed by atoms with Crippen molar-refractivity contribution in [2.45, 2.75) is 31.7 Å². The van der Waals surface area contributed by atoms with E-state index in [2.05, 4.69) is 5.32 Å². The molecule has 0 amide bonds. The third-order valence-corrected chi connectivity index (χ3v) is 5.24. The van der Waals surface area contributed by atoms with E-state index in [0.717, 1.165) is 30.7 Å². The monoisotopic (exact) mass is 329 g/mol. The summed E-state index contributed by atoms with van der Waals surface area (Å²) in [6, 6.07) is 3.89. The molecule has 3 rings (SSSR count). The molecule has 1 aliphatic carbocycles. The number of nitrogens with one attached hydrogen (secondary N) is 1. The minimum atomic E-state index is 0.227. The Morgan fingerprint density at radius 3 is 2.81 bits per heavy atom. The number of benzene rings is 1. The highest BCUT2D eigenvalue weighted by atomic mass is 35.5. The quantitative estimate of drug-likeness (QED) is 0.882. The molecule has 5 heteroatoms. The lowest BCUT2D eigenvalue weighted by atomic mass is 9.95. The fourth-order valence-electron chi connectivity index (χ4n) is 3.55. The second-order valence-corrected chi connectivity index (χ2v) is 6.88. The Hall–Kier alpha value is -0.480. The third-order valence-electron chi connectivity index (χ3n) is 4.74. The van der Waals surface area contributed by atoms with E-state index in [0.29, 0.717) is 35.1 Å². The summed E-state index contributed by atoms with van der Waals surface area (Å²) in [6.07, 6.45) is 4.48. The van der Waals surface area contributed by atoms with Crippen molar-refractivity contribution in [3.05, 3.63) is 27.7 Å². The Morgan fingerprint density at radius 1 is 1.19 bits per heavy atom. The molecule has 21 heavy (non-hydrogen) atoms. The largest absolute Gasteiger partial charge is 0.492 e. The Morgan fingerprint density at radius 2 is 2.00 bits per heavy atom. The number of halogens is 2. The van der Waals surface area contributed by atoms with Gasteiger partial charge in [0.05, 0.1) is 11.6 Å². The summed E-state index contributed by atoms with van der Waals surface area (Å²) >= 11 is 12.3. The van der Waals surface area contributed by atoms with Crippen LogP contribution in [0.15, 0.2) is 12.1 Å². The number of fused-ring (bicyclic) bond motifs is 1. The van der Waals surface area contributed by atoms with Gasteiger partial charge < -0.3 is 15.2 Å². The van der Waals surface area contributed by atoms with E-state index >= 15 is 0 Å². The fourth-order valence-corrected chi connectivity index (χ4v) is 4.12. The summed E-state index contributed by atoms with van der Waals surface area (Å²) in [5, 5.41) is 14.3. The summed E-state index contributed by atoms with van der Waals surface area (Å²) in [6.45, 7) is 1.90. The van der Waals surface area contributed by atoms with Crippen LogP contribution in [0.1, 0.15) is 37.3 Å². The number of hydrogen-bond acceptors (Lipinski definition) is 3. The Bertz CT molecular complexity index is 509. The Labute approximate surface area is 135 Å². The fraction of sp³-hybridized carbons (Fsp3) is 0.625. The molecular weight excluding hydrogens is 309 g/mol. The van der Waals surface area contributed by atoms with Crippen molar-refractivity contribution in [3.63, 3.8) is 0 Å². The lowest BCUT2D eigenvalue weighted by molar-refractivity contribution is 0.185. The Balaban J connectivity index is 1.70. The molecule has 0 radical (unpaired) electrons. The van der Waals surface area contributed by atoms with Crippen LogP contribution in [0.4, 0.5) is 0 Å². The molecule has 3 nitrogen and oxygen atoms in total. The van der Waals surface area contributed by atoms with Gasteiger partial charge in [0.1, 0.15) is 5.75 Å². The minimum Gasteiger partial charge on any atom is -0.492 e. The number of aliphatic hydroxyl groups excluding tert-OH is 1. The van der Waals surface area contributed by atoms with Gasteiger partial charge in [0.25, 0.3) is 0 Å². The Kier molecular flexibility index (Phi) is 4.95. The normalized spacial score (nSPS) is 28.2. The molecule has 0 bridgehead atoms. The predicted molar refractivity (Wildman–Crippen MR) is 85.2 cm³/mol. The molecule has 1 aliphatic heterocycles. The average molecular weight is 330 g/mol. The molecule has 1 saturated carbocycles. The zero-order valence-corrected chi connectivity index (χ0v) is 13.5. The first-order valence-electron chi connectivity index (χ1n) is 7.65. The van der Waals surface area contributed by atoms with Crippen LogP contribution in [0.3, 0.4) is 0 Å². The van der Waals surface area contributed by atoms with Crippen molar-refractivity contribution in [1.29, 1.82) is 0 Å². The topological polar surface area (TPSA) is 41.5 Å². The highest BCUT2D eigenvalue weighted by Gasteiger charge is 2.29. The van der Waals surface area contributed by atoms with E-state index in [4.69, 9.17) is 27.9 Å². The van der Waals surface area contributed by atoms with Crippen LogP contribution in [-0.4, -0.2) is 24.9 Å². The summed E-state index contributed by atoms with van der Waals surface area (Å²) < 4.78 is 5.68. The van der Waals surface area contributed by atoms with Gasteiger partial charge in [0.2, 0.25) is 0 Å². The first-order chi connectivity index (χ1) is 10.2. The molecule has 116 valence electrons. The van der Waals surface area contributed by atoms with Gasteiger partial charge in [-0.05, 0) is 43.4 Å². The van der Waals surface area contributed by atoms with E-state index in [1.165, 1.54) is 12.8 Å². The molecule has 3 atom stereocenters. The molecule has 2 aliphatic rings. The highest BCUT2D eigenvalue weighted by Crippen LogP contribution is 2.40. The van der Waals surface area contributed by atoms with Crippen molar-refractivity contribution < 1.29 is 9.84 Å². The van der Waals surface area contributed by atoms with Crippen molar-refractivity contribution in [2.75, 3.05) is 19.8 Å². The maximum atomic E-state index is 9.42. The number of hydrogen-bond donors (Lipinski definition) is 2. The molecule has 1 heterocycles. The molecule has 0 saturated heterocycles. The highest BCUT2D eigenvalue weighted by molar-refractivity contribution is 6.35. The van der Waals surface area contributed by atoms with Crippen LogP contribution in [0, 0.1) is 11.8 Å². The first-order valence-corrected chi connectivity index (χ1v) is 8.40. The molecule has 1 fully saturated rings. The second kappa shape index (κ2) is 6.74. The molecule has 1 aromatic rings. The second-order valence-electron chi connectivity index (χ2n) is 6.04. The van der Waals surface area contributed by atoms with Crippen LogP contribution < -0.4 is 10.1 Å². The van der Waals surface area contributed by atoms with Crippen LogP contribution in [0.2, 0.25) is 10.0 Å². The summed E-state index contributed by atoms with van der Waals surface area (Å²) in [5.74, 6) is 1.77. The lowest BCUT2D eigenvalue weighted by Gasteiger charge is -2.29. The molecule has 0 spiro atoms. The zero-order valence-electron chi connectivity index (χ0n) is 11.9. The summed E-state index contributed by atoms with van der Waals surface area (Å²) in [7, 11) is 0. The van der Waals surface area contributed by atoms with Crippen LogP contribution in [0.5, 0.6) is 5.75 Å². The molecular formula is C16H21Cl2NO2. The molecule has 2 N–H and O–H groups in total. The van der Waals surface area contributed by atoms with Crippen LogP contribution >= 0.6 is 23.2 Å². The smallest absolute Gasteiger partial charge is 0.142 e.